The Morgan fingerprint density at radius 1 is 0.383 bits per heavy atom. The number of aromatic nitrogens is 2. The Labute approximate surface area is 571 Å². The molecule has 1 fully saturated rings. The number of nitrogen functional groups attached to an aromatic ring is 1. The van der Waals surface area contributed by atoms with Crippen LogP contribution in [0.15, 0.2) is 11.0 Å². The first-order valence-corrected chi connectivity index (χ1v) is 39.4. The van der Waals surface area contributed by atoms with Crippen LogP contribution in [0.5, 0.6) is 0 Å². The molecule has 0 saturated carbocycles. The SMILES string of the molecule is CCCCCCCCCC(=O)c1cn([C@]2(C(=O)CCCCCCCCC)O[C@](C(=O)CCCCCCCCC)(C(O)(C(=O)CCCCCCCCC)C(=O)CCCCCCCCC)[C@](O)(C(=O)CCCCCCCCC)[C@]2(O)C(=O)CCCCCCCCC)c(=O)nc1N. The van der Waals surface area contributed by atoms with Crippen molar-refractivity contribution < 1.29 is 53.6 Å². The molecule has 1 aromatic heterocycles. The first-order valence-electron chi connectivity index (χ1n) is 39.4. The molecule has 0 spiro atoms. The van der Waals surface area contributed by atoms with Gasteiger partial charge in [-0.05, 0) is 44.9 Å². The topological polar surface area (TPSA) is 250 Å². The maximum atomic E-state index is 16.9. The van der Waals surface area contributed by atoms with E-state index >= 15 is 33.6 Å². The number of unbranched alkanes of at least 4 members (excludes halogenated alkanes) is 42. The van der Waals surface area contributed by atoms with E-state index in [2.05, 4.69) is 53.5 Å². The summed E-state index contributed by atoms with van der Waals surface area (Å²) in [5.41, 5.74) is -15.0. The van der Waals surface area contributed by atoms with E-state index in [1.807, 2.05) is 0 Å². The highest BCUT2D eigenvalue weighted by molar-refractivity contribution is 6.21. The van der Waals surface area contributed by atoms with Crippen molar-refractivity contribution in [1.29, 1.82) is 0 Å². The molecular weight excluding hydrogens is 1180 g/mol. The van der Waals surface area contributed by atoms with Gasteiger partial charge in [0, 0.05) is 51.1 Å². The van der Waals surface area contributed by atoms with Crippen molar-refractivity contribution in [2.75, 3.05) is 5.73 Å². The lowest BCUT2D eigenvalue weighted by Gasteiger charge is -2.49. The molecule has 15 heteroatoms. The summed E-state index contributed by atoms with van der Waals surface area (Å²) in [4.78, 5) is 133. The number of carbonyl (C=O) groups excluding carboxylic acids is 7. The van der Waals surface area contributed by atoms with Crippen LogP contribution in [-0.4, -0.2) is 87.8 Å². The van der Waals surface area contributed by atoms with E-state index in [-0.39, 0.29) is 50.5 Å². The summed E-state index contributed by atoms with van der Waals surface area (Å²) in [5.74, 6) is -9.01. The summed E-state index contributed by atoms with van der Waals surface area (Å²) in [7, 11) is 0. The smallest absolute Gasteiger partial charge is 0.352 e. The lowest BCUT2D eigenvalue weighted by atomic mass is 9.55. The fourth-order valence-electron chi connectivity index (χ4n) is 14.4. The summed E-state index contributed by atoms with van der Waals surface area (Å²) < 4.78 is 7.74. The van der Waals surface area contributed by atoms with E-state index < -0.39 is 119 Å². The second kappa shape index (κ2) is 49.7. The van der Waals surface area contributed by atoms with Gasteiger partial charge in [-0.25, -0.2) is 4.79 Å². The minimum atomic E-state index is -4.13. The second-order valence-corrected chi connectivity index (χ2v) is 28.3. The van der Waals surface area contributed by atoms with Gasteiger partial charge in [-0.1, -0.05) is 318 Å². The van der Waals surface area contributed by atoms with E-state index in [1.54, 1.807) is 0 Å². The molecule has 94 heavy (non-hydrogen) atoms. The third kappa shape index (κ3) is 25.2. The normalized spacial score (nSPS) is 18.9. The molecule has 0 aromatic carbocycles. The molecule has 0 radical (unpaired) electrons. The highest BCUT2D eigenvalue weighted by atomic mass is 16.6. The van der Waals surface area contributed by atoms with Crippen LogP contribution >= 0.6 is 0 Å². The van der Waals surface area contributed by atoms with Crippen molar-refractivity contribution in [3.63, 3.8) is 0 Å². The molecule has 1 aliphatic heterocycles. The van der Waals surface area contributed by atoms with E-state index in [4.69, 9.17) is 10.5 Å². The van der Waals surface area contributed by atoms with Crippen LogP contribution in [0.2, 0.25) is 0 Å². The predicted octanol–water partition coefficient (Wildman–Crippen LogP) is 19.0. The highest BCUT2D eigenvalue weighted by Gasteiger charge is 2.93. The number of anilines is 1. The highest BCUT2D eigenvalue weighted by Crippen LogP contribution is 2.62. The molecule has 5 N–H and O–H groups in total. The van der Waals surface area contributed by atoms with Crippen LogP contribution in [0, 0.1) is 0 Å². The summed E-state index contributed by atoms with van der Waals surface area (Å²) in [5, 5.41) is 44.4. The Morgan fingerprint density at radius 2 is 0.638 bits per heavy atom. The average Bonchev–Trinajstić information content (AvgIpc) is 1.46. The minimum Gasteiger partial charge on any atom is -0.383 e. The Kier molecular flexibility index (Phi) is 45.6. The fourth-order valence-corrected chi connectivity index (χ4v) is 14.4. The Hall–Kier alpha value is -3.79. The molecular formula is C79H139N3O12. The van der Waals surface area contributed by atoms with Gasteiger partial charge in [0.1, 0.15) is 5.82 Å². The van der Waals surface area contributed by atoms with E-state index in [0.29, 0.717) is 94.5 Å². The van der Waals surface area contributed by atoms with Gasteiger partial charge in [-0.15, -0.1) is 0 Å². The molecule has 1 aliphatic rings. The third-order valence-corrected chi connectivity index (χ3v) is 20.4. The molecule has 2 heterocycles. The van der Waals surface area contributed by atoms with Crippen molar-refractivity contribution in [3.8, 4) is 0 Å². The largest absolute Gasteiger partial charge is 0.383 e. The van der Waals surface area contributed by atoms with Crippen molar-refractivity contribution >= 4 is 46.3 Å². The molecule has 2 rings (SSSR count). The van der Waals surface area contributed by atoms with E-state index in [9.17, 15) is 20.1 Å². The minimum absolute atomic E-state index is 0.0350. The standard InChI is InChI=1S/C79H139N3O12/c1-8-15-22-29-36-43-50-57-66(83)65-64-82(74(90)81-73(65)80)79(72(89)63-56-49-42-35-28-21-14-7)77(93,70(87)61-54-47-40-33-26-19-12-5)76(92,69(86)60-53-46-39-32-25-18-11-4)78(94-79,71(88)62-55-48-41-34-27-20-13-6)75(91,67(84)58-51-44-37-30-23-16-9-2)68(85)59-52-45-38-31-24-17-10-3/h64,91-93H,8-63H2,1-7H3,(H2,80,81,90)/t76-,77+,78+,79+/m0/s1. The van der Waals surface area contributed by atoms with E-state index in [0.717, 1.165) is 192 Å². The Bertz CT molecular complexity index is 2340. The number of rotatable bonds is 65. The molecule has 542 valence electrons. The van der Waals surface area contributed by atoms with Gasteiger partial charge in [0.2, 0.25) is 28.1 Å². The first kappa shape index (κ1) is 86.3. The third-order valence-electron chi connectivity index (χ3n) is 20.4. The number of Topliss-reactive ketones (excluding diaryl/α,β-unsaturated/α-hetero) is 7. The number of carbonyl (C=O) groups is 7. The zero-order valence-electron chi connectivity index (χ0n) is 61.2. The van der Waals surface area contributed by atoms with Crippen LogP contribution in [0.3, 0.4) is 0 Å². The van der Waals surface area contributed by atoms with Gasteiger partial charge in [0.15, 0.2) is 40.5 Å². The molecule has 0 bridgehead atoms. The van der Waals surface area contributed by atoms with Gasteiger partial charge in [-0.3, -0.25) is 38.1 Å². The van der Waals surface area contributed by atoms with Crippen molar-refractivity contribution in [3.05, 3.63) is 22.2 Å². The van der Waals surface area contributed by atoms with Crippen LogP contribution in [0.1, 0.15) is 418 Å². The molecule has 1 aromatic rings. The maximum Gasteiger partial charge on any atom is 0.352 e. The number of hydrogen-bond acceptors (Lipinski definition) is 14. The van der Waals surface area contributed by atoms with Crippen LogP contribution in [-0.2, 0) is 39.2 Å². The van der Waals surface area contributed by atoms with Crippen LogP contribution in [0.25, 0.3) is 0 Å². The Morgan fingerprint density at radius 3 is 0.957 bits per heavy atom. The Balaban J connectivity index is 3.55. The van der Waals surface area contributed by atoms with E-state index in [1.165, 1.54) is 0 Å². The van der Waals surface area contributed by atoms with Crippen molar-refractivity contribution in [2.24, 2.45) is 0 Å². The summed E-state index contributed by atoms with van der Waals surface area (Å²) in [6, 6.07) is 0. The van der Waals surface area contributed by atoms with Crippen molar-refractivity contribution in [1.82, 2.24) is 9.55 Å². The fraction of sp³-hybridized carbons (Fsp3) is 0.861. The van der Waals surface area contributed by atoms with Gasteiger partial charge in [-0.2, -0.15) is 4.98 Å². The second-order valence-electron chi connectivity index (χ2n) is 28.3. The lowest BCUT2D eigenvalue weighted by molar-refractivity contribution is -0.239. The quantitative estimate of drug-likeness (QED) is 0.0269. The van der Waals surface area contributed by atoms with Crippen LogP contribution in [0.4, 0.5) is 5.82 Å². The van der Waals surface area contributed by atoms with Gasteiger partial charge >= 0.3 is 5.69 Å². The summed E-state index contributed by atoms with van der Waals surface area (Å²) in [6.07, 6.45) is 33.1. The van der Waals surface area contributed by atoms with Gasteiger partial charge in [0.05, 0.1) is 5.56 Å². The maximum absolute atomic E-state index is 16.9. The predicted molar refractivity (Wildman–Crippen MR) is 382 cm³/mol. The van der Waals surface area contributed by atoms with Crippen LogP contribution < -0.4 is 11.4 Å². The monoisotopic (exact) mass is 1320 g/mol. The lowest BCUT2D eigenvalue weighted by Crippen LogP contribution is -2.82. The molecule has 4 atom stereocenters. The summed E-state index contributed by atoms with van der Waals surface area (Å²) >= 11 is 0. The number of nitrogens with two attached hydrogens (primary N) is 1. The number of ether oxygens (including phenoxy) is 1. The number of ketones is 7. The zero-order chi connectivity index (χ0) is 69.6. The van der Waals surface area contributed by atoms with Crippen molar-refractivity contribution in [2.45, 2.75) is 436 Å². The number of nitrogens with zero attached hydrogens (tertiary/aromatic N) is 2. The number of hydrogen-bond donors (Lipinski definition) is 4. The molecule has 0 unspecified atom stereocenters. The number of aliphatic hydroxyl groups is 3. The first-order chi connectivity index (χ1) is 45.4. The molecule has 0 amide bonds. The molecule has 0 aliphatic carbocycles. The van der Waals surface area contributed by atoms with Gasteiger partial charge < -0.3 is 25.8 Å². The summed E-state index contributed by atoms with van der Waals surface area (Å²) in [6.45, 7) is 14.8. The average molecular weight is 1320 g/mol. The molecule has 15 nitrogen and oxygen atoms in total. The molecule has 1 saturated heterocycles. The zero-order valence-corrected chi connectivity index (χ0v) is 61.2. The van der Waals surface area contributed by atoms with Gasteiger partial charge in [0.25, 0.3) is 0 Å².